The molecule has 3 rings (SSSR count). The maximum absolute atomic E-state index is 14.3. The molecule has 0 radical (unpaired) electrons. The lowest BCUT2D eigenvalue weighted by Gasteiger charge is -2.19. The summed E-state index contributed by atoms with van der Waals surface area (Å²) < 4.78 is 19.5. The van der Waals surface area contributed by atoms with Gasteiger partial charge in [-0.3, -0.25) is 9.79 Å². The zero-order chi connectivity index (χ0) is 16.1. The van der Waals surface area contributed by atoms with Gasteiger partial charge in [0, 0.05) is 5.56 Å². The Hall–Kier alpha value is -2.30. The SMILES string of the molecule is O=C(OC1=CCN=C(c2ccccc2)N=C1F)C1CCCCC1. The number of allylic oxidation sites excluding steroid dienone is 1. The van der Waals surface area contributed by atoms with E-state index in [1.54, 1.807) is 0 Å². The molecule has 0 amide bonds. The normalized spacial score (nSPS) is 19.3. The average molecular weight is 314 g/mol. The van der Waals surface area contributed by atoms with E-state index in [9.17, 15) is 9.18 Å². The molecule has 0 N–H and O–H groups in total. The highest BCUT2D eigenvalue weighted by Gasteiger charge is 2.25. The number of halogens is 1. The minimum Gasteiger partial charge on any atom is -0.422 e. The highest BCUT2D eigenvalue weighted by atomic mass is 19.1. The van der Waals surface area contributed by atoms with E-state index in [1.165, 1.54) is 6.08 Å². The Bertz CT molecular complexity index is 659. The van der Waals surface area contributed by atoms with Crippen molar-refractivity contribution in [1.29, 1.82) is 0 Å². The molecule has 1 aliphatic heterocycles. The van der Waals surface area contributed by atoms with Crippen molar-refractivity contribution in [2.75, 3.05) is 6.54 Å². The van der Waals surface area contributed by atoms with E-state index in [-0.39, 0.29) is 24.2 Å². The van der Waals surface area contributed by atoms with Crippen molar-refractivity contribution in [2.24, 2.45) is 15.9 Å². The maximum atomic E-state index is 14.3. The number of ether oxygens (including phenoxy) is 1. The van der Waals surface area contributed by atoms with E-state index in [1.807, 2.05) is 30.3 Å². The summed E-state index contributed by atoms with van der Waals surface area (Å²) in [7, 11) is 0. The summed E-state index contributed by atoms with van der Waals surface area (Å²) >= 11 is 0. The van der Waals surface area contributed by atoms with Crippen LogP contribution in [0.25, 0.3) is 0 Å². The lowest BCUT2D eigenvalue weighted by Crippen LogP contribution is -2.21. The summed E-state index contributed by atoms with van der Waals surface area (Å²) in [5, 5.41) is 0. The minimum absolute atomic E-state index is 0.116. The van der Waals surface area contributed by atoms with Crippen LogP contribution in [0.2, 0.25) is 0 Å². The summed E-state index contributed by atoms with van der Waals surface area (Å²) in [6.07, 6.45) is 6.30. The van der Waals surface area contributed by atoms with Crippen LogP contribution < -0.4 is 0 Å². The fourth-order valence-electron chi connectivity index (χ4n) is 2.84. The van der Waals surface area contributed by atoms with Gasteiger partial charge in [0.2, 0.25) is 0 Å². The lowest BCUT2D eigenvalue weighted by atomic mass is 9.89. The van der Waals surface area contributed by atoms with Crippen LogP contribution in [0.3, 0.4) is 0 Å². The van der Waals surface area contributed by atoms with Gasteiger partial charge in [0.05, 0.1) is 12.5 Å². The highest BCUT2D eigenvalue weighted by molar-refractivity contribution is 6.09. The Morgan fingerprint density at radius 1 is 1.13 bits per heavy atom. The zero-order valence-electron chi connectivity index (χ0n) is 12.9. The monoisotopic (exact) mass is 314 g/mol. The predicted molar refractivity (Wildman–Crippen MR) is 87.1 cm³/mol. The maximum Gasteiger partial charge on any atom is 0.314 e. The number of benzene rings is 1. The third-order valence-electron chi connectivity index (χ3n) is 4.11. The van der Waals surface area contributed by atoms with Crippen LogP contribution in [0, 0.1) is 5.92 Å². The Kier molecular flexibility index (Phi) is 4.95. The first kappa shape index (κ1) is 15.6. The molecule has 1 aliphatic carbocycles. The second-order valence-corrected chi connectivity index (χ2v) is 5.76. The van der Waals surface area contributed by atoms with Gasteiger partial charge in [-0.15, -0.1) is 0 Å². The van der Waals surface area contributed by atoms with Gasteiger partial charge in [-0.05, 0) is 18.9 Å². The van der Waals surface area contributed by atoms with Crippen LogP contribution in [0.15, 0.2) is 52.2 Å². The first-order valence-electron chi connectivity index (χ1n) is 8.00. The van der Waals surface area contributed by atoms with Crippen molar-refractivity contribution in [3.8, 4) is 0 Å². The molecule has 0 atom stereocenters. The molecule has 120 valence electrons. The molecule has 5 heteroatoms. The average Bonchev–Trinajstić information content (AvgIpc) is 2.78. The van der Waals surface area contributed by atoms with Crippen LogP contribution in [0.1, 0.15) is 37.7 Å². The fourth-order valence-corrected chi connectivity index (χ4v) is 2.84. The molecule has 1 fully saturated rings. The van der Waals surface area contributed by atoms with Gasteiger partial charge in [0.1, 0.15) is 0 Å². The number of carbonyl (C=O) groups is 1. The van der Waals surface area contributed by atoms with E-state index in [0.29, 0.717) is 5.84 Å². The van der Waals surface area contributed by atoms with E-state index in [4.69, 9.17) is 4.74 Å². The number of aliphatic imine (C=N–C) groups is 2. The Morgan fingerprint density at radius 3 is 2.61 bits per heavy atom. The summed E-state index contributed by atoms with van der Waals surface area (Å²) in [5.41, 5.74) is 0.732. The molecule has 0 spiro atoms. The summed E-state index contributed by atoms with van der Waals surface area (Å²) in [4.78, 5) is 20.3. The van der Waals surface area contributed by atoms with Crippen molar-refractivity contribution in [2.45, 2.75) is 32.1 Å². The van der Waals surface area contributed by atoms with Crippen molar-refractivity contribution >= 4 is 17.8 Å². The number of hydrogen-bond acceptors (Lipinski definition) is 4. The predicted octanol–water partition coefficient (Wildman–Crippen LogP) is 3.82. The summed E-state index contributed by atoms with van der Waals surface area (Å²) in [6, 6.07) is 9.18. The number of nitrogens with zero attached hydrogens (tertiary/aromatic N) is 2. The van der Waals surface area contributed by atoms with Gasteiger partial charge in [-0.2, -0.15) is 9.38 Å². The Balaban J connectivity index is 1.70. The topological polar surface area (TPSA) is 51.0 Å². The minimum atomic E-state index is -0.797. The Morgan fingerprint density at radius 2 is 1.87 bits per heavy atom. The van der Waals surface area contributed by atoms with Gasteiger partial charge in [0.25, 0.3) is 5.97 Å². The first-order chi connectivity index (χ1) is 11.2. The number of hydrogen-bond donors (Lipinski definition) is 0. The molecule has 0 bridgehead atoms. The quantitative estimate of drug-likeness (QED) is 0.796. The molecule has 0 saturated heterocycles. The van der Waals surface area contributed by atoms with E-state index >= 15 is 0 Å². The lowest BCUT2D eigenvalue weighted by molar-refractivity contribution is -0.144. The van der Waals surface area contributed by atoms with E-state index < -0.39 is 5.97 Å². The second-order valence-electron chi connectivity index (χ2n) is 5.76. The van der Waals surface area contributed by atoms with E-state index in [2.05, 4.69) is 9.98 Å². The molecule has 23 heavy (non-hydrogen) atoms. The Labute approximate surface area is 134 Å². The highest BCUT2D eigenvalue weighted by Crippen LogP contribution is 2.26. The number of amidine groups is 1. The largest absolute Gasteiger partial charge is 0.422 e. The fraction of sp³-hybridized carbons (Fsp3) is 0.389. The van der Waals surface area contributed by atoms with Crippen LogP contribution in [-0.2, 0) is 9.53 Å². The van der Waals surface area contributed by atoms with Crippen molar-refractivity contribution in [3.63, 3.8) is 0 Å². The zero-order valence-corrected chi connectivity index (χ0v) is 12.9. The van der Waals surface area contributed by atoms with E-state index in [0.717, 1.165) is 37.7 Å². The van der Waals surface area contributed by atoms with Gasteiger partial charge < -0.3 is 4.74 Å². The molecule has 2 aliphatic rings. The molecule has 4 nitrogen and oxygen atoms in total. The van der Waals surface area contributed by atoms with Gasteiger partial charge in [-0.1, -0.05) is 49.6 Å². The molecular formula is C18H19FN2O2. The third kappa shape index (κ3) is 3.92. The van der Waals surface area contributed by atoms with Crippen LogP contribution in [-0.4, -0.2) is 24.3 Å². The number of esters is 1. The van der Waals surface area contributed by atoms with Gasteiger partial charge >= 0.3 is 5.97 Å². The second kappa shape index (κ2) is 7.31. The smallest absolute Gasteiger partial charge is 0.314 e. The molecular weight excluding hydrogens is 295 g/mol. The summed E-state index contributed by atoms with van der Waals surface area (Å²) in [5.74, 6) is -1.09. The molecule has 1 aromatic rings. The number of carbonyl (C=O) groups excluding carboxylic acids is 1. The molecule has 0 aromatic heterocycles. The van der Waals surface area contributed by atoms with Crippen molar-refractivity contribution < 1.29 is 13.9 Å². The molecule has 1 aromatic carbocycles. The molecule has 0 unspecified atom stereocenters. The van der Waals surface area contributed by atoms with Crippen molar-refractivity contribution in [3.05, 3.63) is 47.7 Å². The van der Waals surface area contributed by atoms with Crippen LogP contribution in [0.4, 0.5) is 4.39 Å². The number of rotatable bonds is 3. The third-order valence-corrected chi connectivity index (χ3v) is 4.11. The van der Waals surface area contributed by atoms with Crippen LogP contribution in [0.5, 0.6) is 0 Å². The first-order valence-corrected chi connectivity index (χ1v) is 8.00. The van der Waals surface area contributed by atoms with Gasteiger partial charge in [-0.25, -0.2) is 0 Å². The molecule has 1 saturated carbocycles. The van der Waals surface area contributed by atoms with Crippen LogP contribution >= 0.6 is 0 Å². The van der Waals surface area contributed by atoms with Crippen molar-refractivity contribution in [1.82, 2.24) is 0 Å². The standard InChI is InChI=1S/C18H19FN2O2/c19-16-15(23-18(22)14-9-5-2-6-10-14)11-12-20-17(21-16)13-7-3-1-4-8-13/h1,3-4,7-8,11,14H,2,5-6,9-10,12H2. The molecule has 1 heterocycles. The summed E-state index contributed by atoms with van der Waals surface area (Å²) in [6.45, 7) is 0.231. The van der Waals surface area contributed by atoms with Gasteiger partial charge in [0.15, 0.2) is 11.6 Å².